The van der Waals surface area contributed by atoms with Gasteiger partial charge >= 0.3 is 0 Å². The Bertz CT molecular complexity index is 399. The van der Waals surface area contributed by atoms with Gasteiger partial charge in [-0.3, -0.25) is 4.90 Å². The number of pyridine rings is 1. The number of likely N-dealkylation sites (tertiary alicyclic amines) is 1. The Morgan fingerprint density at radius 3 is 2.83 bits per heavy atom. The highest BCUT2D eigenvalue weighted by molar-refractivity contribution is 5.95. The minimum absolute atomic E-state index is 0.00128. The van der Waals surface area contributed by atoms with Gasteiger partial charge in [0, 0.05) is 6.54 Å². The highest BCUT2D eigenvalue weighted by atomic mass is 16.5. The summed E-state index contributed by atoms with van der Waals surface area (Å²) in [7, 11) is 0. The molecule has 0 aromatic carbocycles. The van der Waals surface area contributed by atoms with Gasteiger partial charge in [-0.05, 0) is 38.1 Å². The van der Waals surface area contributed by atoms with Crippen molar-refractivity contribution in [3.8, 4) is 5.75 Å². The number of aromatic nitrogens is 1. The van der Waals surface area contributed by atoms with E-state index in [1.807, 2.05) is 0 Å². The second-order valence-electron chi connectivity index (χ2n) is 4.26. The number of hydrogen-bond donors (Lipinski definition) is 2. The van der Waals surface area contributed by atoms with Crippen LogP contribution in [0.15, 0.2) is 23.5 Å². The fraction of sp³-hybridized carbons (Fsp3) is 0.500. The molecule has 18 heavy (non-hydrogen) atoms. The van der Waals surface area contributed by atoms with Crippen LogP contribution in [0.3, 0.4) is 0 Å². The summed E-state index contributed by atoms with van der Waals surface area (Å²) in [6.07, 6.45) is 4.16. The van der Waals surface area contributed by atoms with Crippen molar-refractivity contribution in [2.75, 3.05) is 26.2 Å². The van der Waals surface area contributed by atoms with Crippen molar-refractivity contribution in [3.05, 3.63) is 24.0 Å². The number of ether oxygens (including phenoxy) is 1. The third kappa shape index (κ3) is 3.33. The van der Waals surface area contributed by atoms with Crippen LogP contribution < -0.4 is 10.5 Å². The molecule has 0 atom stereocenters. The number of amidine groups is 1. The van der Waals surface area contributed by atoms with Crippen LogP contribution in [0.4, 0.5) is 0 Å². The summed E-state index contributed by atoms with van der Waals surface area (Å²) in [6, 6.07) is 3.44. The number of nitrogens with two attached hydrogens (primary N) is 1. The highest BCUT2D eigenvalue weighted by Crippen LogP contribution is 2.10. The normalized spacial score (nSPS) is 17.0. The lowest BCUT2D eigenvalue weighted by Gasteiger charge is -2.14. The molecular weight excluding hydrogens is 232 g/mol. The molecule has 1 aliphatic rings. The molecule has 1 saturated heterocycles. The standard InChI is InChI=1S/C12H18N4O2/c13-12(15-17)11-4-3-10(9-14-11)18-8-7-16-5-1-2-6-16/h3-4,9,17H,1-2,5-8H2,(H2,13,15). The van der Waals surface area contributed by atoms with Gasteiger partial charge < -0.3 is 15.7 Å². The highest BCUT2D eigenvalue weighted by Gasteiger charge is 2.10. The molecule has 0 amide bonds. The van der Waals surface area contributed by atoms with Gasteiger partial charge in [0.2, 0.25) is 0 Å². The number of nitrogens with zero attached hydrogens (tertiary/aromatic N) is 3. The molecule has 2 heterocycles. The van der Waals surface area contributed by atoms with Crippen molar-refractivity contribution >= 4 is 5.84 Å². The molecule has 0 unspecified atom stereocenters. The molecule has 1 fully saturated rings. The lowest BCUT2D eigenvalue weighted by Crippen LogP contribution is -2.25. The fourth-order valence-corrected chi connectivity index (χ4v) is 1.97. The summed E-state index contributed by atoms with van der Waals surface area (Å²) in [5, 5.41) is 11.4. The van der Waals surface area contributed by atoms with Crippen LogP contribution >= 0.6 is 0 Å². The molecule has 6 heteroatoms. The number of rotatable bonds is 5. The van der Waals surface area contributed by atoms with E-state index in [1.54, 1.807) is 18.3 Å². The summed E-state index contributed by atoms with van der Waals surface area (Å²) in [5.74, 6) is 0.697. The van der Waals surface area contributed by atoms with Gasteiger partial charge in [-0.25, -0.2) is 4.98 Å². The predicted octanol–water partition coefficient (Wildman–Crippen LogP) is 0.651. The minimum atomic E-state index is -0.00128. The second-order valence-corrected chi connectivity index (χ2v) is 4.26. The Morgan fingerprint density at radius 1 is 1.44 bits per heavy atom. The average molecular weight is 250 g/mol. The van der Waals surface area contributed by atoms with Crippen LogP contribution in [-0.4, -0.2) is 47.2 Å². The van der Waals surface area contributed by atoms with E-state index >= 15 is 0 Å². The van der Waals surface area contributed by atoms with E-state index in [2.05, 4.69) is 15.0 Å². The lowest BCUT2D eigenvalue weighted by molar-refractivity contribution is 0.237. The van der Waals surface area contributed by atoms with Crippen molar-refractivity contribution in [3.63, 3.8) is 0 Å². The molecule has 0 spiro atoms. The number of oxime groups is 1. The van der Waals surface area contributed by atoms with E-state index in [-0.39, 0.29) is 5.84 Å². The predicted molar refractivity (Wildman–Crippen MR) is 67.9 cm³/mol. The maximum Gasteiger partial charge on any atom is 0.188 e. The van der Waals surface area contributed by atoms with Gasteiger partial charge in [-0.15, -0.1) is 0 Å². The van der Waals surface area contributed by atoms with E-state index < -0.39 is 0 Å². The molecule has 0 aliphatic carbocycles. The summed E-state index contributed by atoms with van der Waals surface area (Å²) in [4.78, 5) is 6.43. The molecule has 3 N–H and O–H groups in total. The zero-order chi connectivity index (χ0) is 12.8. The molecule has 6 nitrogen and oxygen atoms in total. The Kier molecular flexibility index (Phi) is 4.35. The van der Waals surface area contributed by atoms with Crippen LogP contribution in [0.5, 0.6) is 5.75 Å². The topological polar surface area (TPSA) is 84.0 Å². The van der Waals surface area contributed by atoms with E-state index in [9.17, 15) is 0 Å². The van der Waals surface area contributed by atoms with Gasteiger partial charge in [-0.1, -0.05) is 5.16 Å². The first kappa shape index (κ1) is 12.6. The lowest BCUT2D eigenvalue weighted by atomic mass is 10.3. The molecule has 2 rings (SSSR count). The summed E-state index contributed by atoms with van der Waals surface area (Å²) >= 11 is 0. The van der Waals surface area contributed by atoms with Gasteiger partial charge in [0.25, 0.3) is 0 Å². The van der Waals surface area contributed by atoms with Crippen molar-refractivity contribution < 1.29 is 9.94 Å². The van der Waals surface area contributed by atoms with Gasteiger partial charge in [-0.2, -0.15) is 0 Å². The Balaban J connectivity index is 1.79. The summed E-state index contributed by atoms with van der Waals surface area (Å²) in [5.41, 5.74) is 5.85. The quantitative estimate of drug-likeness (QED) is 0.347. The zero-order valence-electron chi connectivity index (χ0n) is 10.2. The first-order chi connectivity index (χ1) is 8.79. The van der Waals surface area contributed by atoms with E-state index in [0.29, 0.717) is 18.1 Å². The zero-order valence-corrected chi connectivity index (χ0v) is 10.2. The Morgan fingerprint density at radius 2 is 2.22 bits per heavy atom. The Labute approximate surface area is 106 Å². The van der Waals surface area contributed by atoms with Gasteiger partial charge in [0.1, 0.15) is 18.1 Å². The summed E-state index contributed by atoms with van der Waals surface area (Å²) < 4.78 is 5.59. The smallest absolute Gasteiger partial charge is 0.188 e. The molecule has 98 valence electrons. The molecule has 0 bridgehead atoms. The van der Waals surface area contributed by atoms with Crippen LogP contribution in [-0.2, 0) is 0 Å². The summed E-state index contributed by atoms with van der Waals surface area (Å²) in [6.45, 7) is 3.95. The SMILES string of the molecule is N/C(=N/O)c1ccc(OCCN2CCCC2)cn1. The van der Waals surface area contributed by atoms with Gasteiger partial charge in [0.05, 0.1) is 6.20 Å². The third-order valence-electron chi connectivity index (χ3n) is 2.98. The van der Waals surface area contributed by atoms with Crippen LogP contribution in [0.2, 0.25) is 0 Å². The van der Waals surface area contributed by atoms with Crippen molar-refractivity contribution in [2.24, 2.45) is 10.9 Å². The monoisotopic (exact) mass is 250 g/mol. The van der Waals surface area contributed by atoms with Crippen molar-refractivity contribution in [2.45, 2.75) is 12.8 Å². The van der Waals surface area contributed by atoms with E-state index in [4.69, 9.17) is 15.7 Å². The largest absolute Gasteiger partial charge is 0.491 e. The molecule has 0 saturated carbocycles. The van der Waals surface area contributed by atoms with Crippen LogP contribution in [0, 0.1) is 0 Å². The Hall–Kier alpha value is -1.82. The van der Waals surface area contributed by atoms with Crippen LogP contribution in [0.25, 0.3) is 0 Å². The minimum Gasteiger partial charge on any atom is -0.491 e. The number of hydrogen-bond acceptors (Lipinski definition) is 5. The van der Waals surface area contributed by atoms with Crippen molar-refractivity contribution in [1.82, 2.24) is 9.88 Å². The van der Waals surface area contributed by atoms with Gasteiger partial charge in [0.15, 0.2) is 5.84 Å². The fourth-order valence-electron chi connectivity index (χ4n) is 1.97. The molecule has 1 aromatic heterocycles. The van der Waals surface area contributed by atoms with Crippen LogP contribution in [0.1, 0.15) is 18.5 Å². The maximum atomic E-state index is 8.51. The molecular formula is C12H18N4O2. The first-order valence-electron chi connectivity index (χ1n) is 6.08. The maximum absolute atomic E-state index is 8.51. The second kappa shape index (κ2) is 6.20. The molecule has 1 aromatic rings. The molecule has 0 radical (unpaired) electrons. The molecule has 1 aliphatic heterocycles. The van der Waals surface area contributed by atoms with E-state index in [1.165, 1.54) is 25.9 Å². The average Bonchev–Trinajstić information content (AvgIpc) is 2.92. The first-order valence-corrected chi connectivity index (χ1v) is 6.08. The van der Waals surface area contributed by atoms with Crippen molar-refractivity contribution in [1.29, 1.82) is 0 Å². The van der Waals surface area contributed by atoms with E-state index in [0.717, 1.165) is 6.54 Å². The third-order valence-corrected chi connectivity index (χ3v) is 2.98.